The van der Waals surface area contributed by atoms with Crippen LogP contribution in [0.1, 0.15) is 24.1 Å². The minimum absolute atomic E-state index is 0.153. The predicted molar refractivity (Wildman–Crippen MR) is 132 cm³/mol. The molecule has 0 saturated carbocycles. The summed E-state index contributed by atoms with van der Waals surface area (Å²) in [6, 6.07) is 15.8. The van der Waals surface area contributed by atoms with Crippen molar-refractivity contribution in [3.63, 3.8) is 0 Å². The first-order valence-corrected chi connectivity index (χ1v) is 11.8. The lowest BCUT2D eigenvalue weighted by Gasteiger charge is -2.19. The molecule has 174 valence electrons. The quantitative estimate of drug-likeness (QED) is 0.293. The van der Waals surface area contributed by atoms with Gasteiger partial charge in [-0.05, 0) is 54.6 Å². The number of rotatable bonds is 4. The SMILES string of the molecule is CC(Nc1c(C#N)cnc2ccc(-c3cnc(Cl)c(N)c3)cc12)c1ccc(F)cc1.CS(=O)[O-]. The van der Waals surface area contributed by atoms with Crippen LogP contribution in [0.25, 0.3) is 22.0 Å². The van der Waals surface area contributed by atoms with Crippen molar-refractivity contribution < 1.29 is 13.2 Å². The van der Waals surface area contributed by atoms with E-state index < -0.39 is 11.1 Å². The molecule has 0 spiro atoms. The molecule has 0 radical (unpaired) electrons. The monoisotopic (exact) mass is 496 g/mol. The molecule has 2 heterocycles. The van der Waals surface area contributed by atoms with Crippen molar-refractivity contribution in [2.45, 2.75) is 13.0 Å². The second kappa shape index (κ2) is 11.0. The summed E-state index contributed by atoms with van der Waals surface area (Å²) in [5.41, 5.74) is 10.7. The summed E-state index contributed by atoms with van der Waals surface area (Å²) in [6.45, 7) is 1.95. The topological polar surface area (TPSA) is 128 Å². The van der Waals surface area contributed by atoms with Gasteiger partial charge in [0.05, 0.1) is 22.5 Å². The van der Waals surface area contributed by atoms with Gasteiger partial charge in [0.1, 0.15) is 11.9 Å². The van der Waals surface area contributed by atoms with Crippen molar-refractivity contribution in [3.8, 4) is 17.2 Å². The Morgan fingerprint density at radius 1 is 1.15 bits per heavy atom. The molecule has 10 heteroatoms. The zero-order valence-electron chi connectivity index (χ0n) is 18.3. The average molecular weight is 497 g/mol. The van der Waals surface area contributed by atoms with Gasteiger partial charge in [-0.2, -0.15) is 5.26 Å². The van der Waals surface area contributed by atoms with Gasteiger partial charge < -0.3 is 15.6 Å². The Hall–Kier alpha value is -3.58. The van der Waals surface area contributed by atoms with Gasteiger partial charge >= 0.3 is 0 Å². The number of pyridine rings is 2. The van der Waals surface area contributed by atoms with Crippen LogP contribution in [0.2, 0.25) is 5.15 Å². The molecule has 2 aromatic heterocycles. The van der Waals surface area contributed by atoms with E-state index in [9.17, 15) is 9.65 Å². The molecule has 0 aliphatic heterocycles. The zero-order valence-corrected chi connectivity index (χ0v) is 19.8. The van der Waals surface area contributed by atoms with Crippen LogP contribution >= 0.6 is 11.6 Å². The lowest BCUT2D eigenvalue weighted by Crippen LogP contribution is -2.09. The van der Waals surface area contributed by atoms with Crippen molar-refractivity contribution in [2.75, 3.05) is 17.3 Å². The standard InChI is InChI=1S/C23H17ClFN5.CH4O2S/c1-13(14-2-5-18(25)6-3-14)30-22-17(10-26)12-28-21-7-4-15(8-19(21)22)16-9-20(27)23(24)29-11-16;1-4(2)3/h2-9,11-13H,27H2,1H3,(H,28,30);1H3,(H,2,3)/p-1. The van der Waals surface area contributed by atoms with Crippen LogP contribution < -0.4 is 11.1 Å². The number of nitrogens with two attached hydrogens (primary N) is 1. The summed E-state index contributed by atoms with van der Waals surface area (Å²) in [4.78, 5) is 8.51. The Labute approximate surface area is 203 Å². The number of nitrogens with zero attached hydrogens (tertiary/aromatic N) is 3. The number of fused-ring (bicyclic) bond motifs is 1. The second-order valence-corrected chi connectivity index (χ2v) is 8.47. The fourth-order valence-corrected chi connectivity index (χ4v) is 3.39. The number of hydrogen-bond donors (Lipinski definition) is 2. The van der Waals surface area contributed by atoms with Crippen LogP contribution in [0.3, 0.4) is 0 Å². The van der Waals surface area contributed by atoms with Crippen LogP contribution in [0, 0.1) is 17.1 Å². The van der Waals surface area contributed by atoms with E-state index >= 15 is 0 Å². The number of nitrogens with one attached hydrogen (secondary N) is 1. The first kappa shape index (κ1) is 25.1. The molecule has 3 N–H and O–H groups in total. The molecule has 4 rings (SSSR count). The number of hydrogen-bond acceptors (Lipinski definition) is 7. The van der Waals surface area contributed by atoms with E-state index in [0.29, 0.717) is 16.9 Å². The number of nitrogen functional groups attached to an aromatic ring is 1. The van der Waals surface area contributed by atoms with Gasteiger partial charge in [0.2, 0.25) is 0 Å². The highest BCUT2D eigenvalue weighted by Gasteiger charge is 2.14. The lowest BCUT2D eigenvalue weighted by atomic mass is 10.0. The third-order valence-electron chi connectivity index (χ3n) is 4.92. The van der Waals surface area contributed by atoms with Crippen LogP contribution in [-0.4, -0.2) is 25.0 Å². The smallest absolute Gasteiger partial charge is 0.151 e. The van der Waals surface area contributed by atoms with Gasteiger partial charge in [-0.1, -0.05) is 40.9 Å². The molecule has 0 aliphatic carbocycles. The molecular formula is C24H20ClFN5O2S-. The van der Waals surface area contributed by atoms with Crippen LogP contribution in [-0.2, 0) is 11.1 Å². The normalized spacial score (nSPS) is 12.2. The molecule has 0 amide bonds. The van der Waals surface area contributed by atoms with Gasteiger partial charge in [-0.15, -0.1) is 0 Å². The molecule has 2 atom stereocenters. The van der Waals surface area contributed by atoms with E-state index in [4.69, 9.17) is 26.1 Å². The highest BCUT2D eigenvalue weighted by molar-refractivity contribution is 7.78. The minimum Gasteiger partial charge on any atom is -0.773 e. The third-order valence-corrected chi connectivity index (χ3v) is 5.23. The van der Waals surface area contributed by atoms with E-state index in [1.807, 2.05) is 25.1 Å². The Kier molecular flexibility index (Phi) is 8.12. The molecule has 0 fully saturated rings. The van der Waals surface area contributed by atoms with E-state index in [-0.39, 0.29) is 17.0 Å². The highest BCUT2D eigenvalue weighted by Crippen LogP contribution is 2.33. The Bertz CT molecular complexity index is 1390. The van der Waals surface area contributed by atoms with E-state index in [1.54, 1.807) is 30.6 Å². The fourth-order valence-electron chi connectivity index (χ4n) is 3.29. The Morgan fingerprint density at radius 3 is 2.44 bits per heavy atom. The van der Waals surface area contributed by atoms with Crippen molar-refractivity contribution >= 4 is 45.0 Å². The average Bonchev–Trinajstić information content (AvgIpc) is 2.81. The Morgan fingerprint density at radius 2 is 1.82 bits per heavy atom. The maximum Gasteiger partial charge on any atom is 0.151 e. The summed E-state index contributed by atoms with van der Waals surface area (Å²) < 4.78 is 31.3. The molecule has 4 aromatic rings. The van der Waals surface area contributed by atoms with Gasteiger partial charge in [-0.25, -0.2) is 9.37 Å². The number of anilines is 2. The molecule has 7 nitrogen and oxygen atoms in total. The van der Waals surface area contributed by atoms with E-state index in [0.717, 1.165) is 33.8 Å². The van der Waals surface area contributed by atoms with Crippen molar-refractivity contribution in [3.05, 3.63) is 83.0 Å². The second-order valence-electron chi connectivity index (χ2n) is 7.31. The summed E-state index contributed by atoms with van der Waals surface area (Å²) in [6.07, 6.45) is 4.28. The number of benzene rings is 2. The van der Waals surface area contributed by atoms with Crippen LogP contribution in [0.5, 0.6) is 0 Å². The summed E-state index contributed by atoms with van der Waals surface area (Å²) >= 11 is 4.08. The zero-order chi connectivity index (χ0) is 24.8. The van der Waals surface area contributed by atoms with Gasteiger partial charge in [0.15, 0.2) is 5.15 Å². The van der Waals surface area contributed by atoms with E-state index in [1.165, 1.54) is 12.1 Å². The van der Waals surface area contributed by atoms with Crippen molar-refractivity contribution in [2.24, 2.45) is 0 Å². The van der Waals surface area contributed by atoms with Crippen molar-refractivity contribution in [1.29, 1.82) is 5.26 Å². The maximum absolute atomic E-state index is 13.3. The number of halogens is 2. The van der Waals surface area contributed by atoms with Crippen LogP contribution in [0.4, 0.5) is 15.8 Å². The molecule has 2 aromatic carbocycles. The number of nitriles is 1. The first-order chi connectivity index (χ1) is 16.2. The van der Waals surface area contributed by atoms with Gasteiger partial charge in [0.25, 0.3) is 0 Å². The third kappa shape index (κ3) is 6.05. The summed E-state index contributed by atoms with van der Waals surface area (Å²) in [5.74, 6) is -0.293. The first-order valence-electron chi connectivity index (χ1n) is 9.96. The summed E-state index contributed by atoms with van der Waals surface area (Å²) in [5, 5.41) is 14.1. The van der Waals surface area contributed by atoms with Gasteiger partial charge in [0, 0.05) is 29.4 Å². The molecular weight excluding hydrogens is 477 g/mol. The molecule has 0 saturated heterocycles. The van der Waals surface area contributed by atoms with E-state index in [2.05, 4.69) is 21.4 Å². The molecule has 2 unspecified atom stereocenters. The molecule has 34 heavy (non-hydrogen) atoms. The lowest BCUT2D eigenvalue weighted by molar-refractivity contribution is 0.543. The molecule has 0 aliphatic rings. The largest absolute Gasteiger partial charge is 0.773 e. The summed E-state index contributed by atoms with van der Waals surface area (Å²) in [7, 11) is 0. The fraction of sp³-hybridized carbons (Fsp3) is 0.125. The maximum atomic E-state index is 13.3. The minimum atomic E-state index is -1.86. The van der Waals surface area contributed by atoms with Gasteiger partial charge in [-0.3, -0.25) is 9.19 Å². The van der Waals surface area contributed by atoms with Crippen molar-refractivity contribution in [1.82, 2.24) is 9.97 Å². The predicted octanol–water partition coefficient (Wildman–Crippen LogP) is 5.21. The molecule has 0 bridgehead atoms. The number of aromatic nitrogens is 2. The Balaban J connectivity index is 0.000000751. The van der Waals surface area contributed by atoms with Crippen LogP contribution in [0.15, 0.2) is 60.9 Å². The highest BCUT2D eigenvalue weighted by atomic mass is 35.5.